The minimum absolute atomic E-state index is 0.121. The molecule has 2 aliphatic rings. The van der Waals surface area contributed by atoms with Gasteiger partial charge in [-0.25, -0.2) is 0 Å². The topological polar surface area (TPSA) is 41.4 Å². The number of thioether (sulfide) groups is 2. The summed E-state index contributed by atoms with van der Waals surface area (Å²) in [6, 6.07) is 37.7. The first kappa shape index (κ1) is 46.6. The van der Waals surface area contributed by atoms with Gasteiger partial charge in [0.2, 0.25) is 0 Å². The SMILES string of the molecule is C=Cc1ccc(CSc2nnc(SC3=C(/C=C/C(=N\CCCC)C(C)(C)c4cccc5ccccc45)CCC/C3=C\C=C3\N(CCCC)c4ccc5ccccc5c4C3(C)CC)s2)cc1. The Morgan fingerprint density at radius 2 is 1.55 bits per heavy atom. The molecule has 4 nitrogen and oxygen atoms in total. The molecule has 0 bridgehead atoms. The van der Waals surface area contributed by atoms with E-state index in [1.807, 2.05) is 6.08 Å². The Balaban J connectivity index is 1.21. The van der Waals surface area contributed by atoms with E-state index in [-0.39, 0.29) is 10.8 Å². The zero-order valence-electron chi connectivity index (χ0n) is 39.2. The molecule has 0 radical (unpaired) electrons. The molecule has 1 aromatic heterocycles. The molecule has 1 unspecified atom stereocenters. The van der Waals surface area contributed by atoms with Gasteiger partial charge < -0.3 is 4.90 Å². The molecular formula is C58H64N4S3. The highest BCUT2D eigenvalue weighted by Crippen LogP contribution is 2.53. The Kier molecular flexibility index (Phi) is 15.1. The molecule has 65 heavy (non-hydrogen) atoms. The van der Waals surface area contributed by atoms with Gasteiger partial charge in [0, 0.05) is 51.7 Å². The standard InChI is InChI=1S/C58H64N4S3/c1-8-12-38-59-51(57(5,6)49-27-19-22-43-20-14-16-25-47(43)49)36-33-45-23-18-24-46(54(45)64-56-61-60-55(65-56)63-40-42-30-28-41(10-3)29-31-42)34-37-52-58(7,11-4)53-48-26-17-15-21-44(48)32-35-50(53)62(52)39-13-9-2/h10,14-17,19-22,25-37H,3,8-9,11-13,18,23-24,38-40H2,1-2,4-7H3/b36-33+,46-34+,52-37+,59-51+. The van der Waals surface area contributed by atoms with Gasteiger partial charge in [0.1, 0.15) is 0 Å². The van der Waals surface area contributed by atoms with Gasteiger partial charge in [-0.15, -0.1) is 10.2 Å². The maximum Gasteiger partial charge on any atom is 0.179 e. The first-order valence-corrected chi connectivity index (χ1v) is 26.3. The first-order chi connectivity index (χ1) is 31.7. The van der Waals surface area contributed by atoms with E-state index in [0.29, 0.717) is 0 Å². The minimum Gasteiger partial charge on any atom is -0.344 e. The van der Waals surface area contributed by atoms with Gasteiger partial charge in [0.25, 0.3) is 0 Å². The Morgan fingerprint density at radius 3 is 2.31 bits per heavy atom. The maximum absolute atomic E-state index is 5.37. The molecule has 1 atom stereocenters. The number of hydrogen-bond acceptors (Lipinski definition) is 7. The molecule has 1 aliphatic carbocycles. The third-order valence-corrected chi connectivity index (χ3v) is 16.9. The number of benzene rings is 5. The van der Waals surface area contributed by atoms with Crippen molar-refractivity contribution < 1.29 is 0 Å². The number of rotatable bonds is 18. The molecule has 1 aliphatic heterocycles. The van der Waals surface area contributed by atoms with Crippen LogP contribution in [0.3, 0.4) is 0 Å². The van der Waals surface area contributed by atoms with Crippen LogP contribution in [0.4, 0.5) is 5.69 Å². The lowest BCUT2D eigenvalue weighted by molar-refractivity contribution is 0.546. The summed E-state index contributed by atoms with van der Waals surface area (Å²) in [6.07, 6.45) is 20.2. The predicted octanol–water partition coefficient (Wildman–Crippen LogP) is 16.9. The van der Waals surface area contributed by atoms with E-state index in [1.165, 1.54) is 65.7 Å². The van der Waals surface area contributed by atoms with Gasteiger partial charge >= 0.3 is 0 Å². The Bertz CT molecular complexity index is 2800. The van der Waals surface area contributed by atoms with Gasteiger partial charge in [0.15, 0.2) is 8.68 Å². The second-order valence-electron chi connectivity index (χ2n) is 18.1. The van der Waals surface area contributed by atoms with E-state index in [4.69, 9.17) is 15.2 Å². The molecule has 0 fully saturated rings. The summed E-state index contributed by atoms with van der Waals surface area (Å²) in [5.41, 5.74) is 11.3. The second kappa shape index (κ2) is 21.1. The van der Waals surface area contributed by atoms with Crippen molar-refractivity contribution in [2.75, 3.05) is 18.0 Å². The smallest absolute Gasteiger partial charge is 0.179 e. The van der Waals surface area contributed by atoms with E-state index in [0.717, 1.165) is 90.2 Å². The van der Waals surface area contributed by atoms with Crippen molar-refractivity contribution in [2.24, 2.45) is 4.99 Å². The summed E-state index contributed by atoms with van der Waals surface area (Å²) in [5, 5.41) is 14.8. The van der Waals surface area contributed by atoms with Crippen molar-refractivity contribution in [1.82, 2.24) is 10.2 Å². The van der Waals surface area contributed by atoms with Crippen molar-refractivity contribution in [1.29, 1.82) is 0 Å². The van der Waals surface area contributed by atoms with Gasteiger partial charge in [-0.05, 0) is 119 Å². The molecule has 334 valence electrons. The summed E-state index contributed by atoms with van der Waals surface area (Å²) in [7, 11) is 0. The van der Waals surface area contributed by atoms with Crippen LogP contribution < -0.4 is 4.90 Å². The second-order valence-corrected chi connectivity index (χ2v) is 21.6. The molecule has 6 aromatic rings. The quantitative estimate of drug-likeness (QED) is 0.0488. The van der Waals surface area contributed by atoms with Crippen molar-refractivity contribution in [3.63, 3.8) is 0 Å². The molecule has 0 saturated carbocycles. The molecule has 0 N–H and O–H groups in total. The lowest BCUT2D eigenvalue weighted by atomic mass is 9.77. The first-order valence-electron chi connectivity index (χ1n) is 23.7. The van der Waals surface area contributed by atoms with Crippen molar-refractivity contribution in [3.8, 4) is 0 Å². The van der Waals surface area contributed by atoms with Gasteiger partial charge in [-0.3, -0.25) is 4.99 Å². The van der Waals surface area contributed by atoms with E-state index in [9.17, 15) is 0 Å². The summed E-state index contributed by atoms with van der Waals surface area (Å²) in [4.78, 5) is 9.31. The lowest BCUT2D eigenvalue weighted by Crippen LogP contribution is -2.28. The van der Waals surface area contributed by atoms with Crippen LogP contribution in [-0.4, -0.2) is 29.0 Å². The van der Waals surface area contributed by atoms with E-state index >= 15 is 0 Å². The summed E-state index contributed by atoms with van der Waals surface area (Å²) in [5.74, 6) is 0.848. The van der Waals surface area contributed by atoms with Gasteiger partial charge in [-0.1, -0.05) is 204 Å². The fourth-order valence-corrected chi connectivity index (χ4v) is 12.7. The van der Waals surface area contributed by atoms with Crippen LogP contribution >= 0.6 is 34.9 Å². The monoisotopic (exact) mass is 912 g/mol. The number of aromatic nitrogens is 2. The van der Waals surface area contributed by atoms with Gasteiger partial charge in [0.05, 0.1) is 0 Å². The number of unbranched alkanes of at least 4 members (excludes halogenated alkanes) is 2. The highest BCUT2D eigenvalue weighted by atomic mass is 32.2. The molecule has 7 heteroatoms. The minimum atomic E-state index is -0.303. The average molecular weight is 913 g/mol. The van der Waals surface area contributed by atoms with Crippen LogP contribution in [0.1, 0.15) is 115 Å². The molecule has 0 amide bonds. The zero-order valence-corrected chi connectivity index (χ0v) is 41.7. The van der Waals surface area contributed by atoms with Gasteiger partial charge in [-0.2, -0.15) is 0 Å². The molecule has 0 saturated heterocycles. The molecule has 0 spiro atoms. The third kappa shape index (κ3) is 10.1. The molecule has 5 aromatic carbocycles. The van der Waals surface area contributed by atoms with Crippen molar-refractivity contribution >= 4 is 73.9 Å². The van der Waals surface area contributed by atoms with E-state index in [1.54, 1.807) is 34.9 Å². The molecule has 8 rings (SSSR count). The van der Waals surface area contributed by atoms with Crippen LogP contribution in [0, 0.1) is 0 Å². The number of allylic oxidation sites excluding steroid dienone is 7. The molecule has 2 heterocycles. The summed E-state index contributed by atoms with van der Waals surface area (Å²) in [6.45, 7) is 19.8. The number of hydrogen-bond donors (Lipinski definition) is 0. The van der Waals surface area contributed by atoms with Crippen LogP contribution in [0.2, 0.25) is 0 Å². The molecular weight excluding hydrogens is 849 g/mol. The van der Waals surface area contributed by atoms with Crippen molar-refractivity contribution in [2.45, 2.75) is 118 Å². The predicted molar refractivity (Wildman–Crippen MR) is 286 cm³/mol. The fourth-order valence-electron chi connectivity index (χ4n) is 9.52. The highest BCUT2D eigenvalue weighted by molar-refractivity contribution is 8.05. The Hall–Kier alpha value is -4.95. The lowest BCUT2D eigenvalue weighted by Gasteiger charge is -2.30. The number of nitrogens with zero attached hydrogens (tertiary/aromatic N) is 4. The Labute approximate surface area is 400 Å². The summed E-state index contributed by atoms with van der Waals surface area (Å²) < 4.78 is 1.97. The van der Waals surface area contributed by atoms with E-state index in [2.05, 4.69) is 180 Å². The third-order valence-electron chi connectivity index (χ3n) is 13.5. The normalized spacial score (nSPS) is 18.2. The number of aliphatic imine (C=N–C) groups is 1. The number of anilines is 1. The van der Waals surface area contributed by atoms with Crippen LogP contribution in [0.25, 0.3) is 27.6 Å². The van der Waals surface area contributed by atoms with Crippen LogP contribution in [-0.2, 0) is 16.6 Å². The van der Waals surface area contributed by atoms with E-state index < -0.39 is 0 Å². The van der Waals surface area contributed by atoms with Crippen LogP contribution in [0.15, 0.2) is 169 Å². The average Bonchev–Trinajstić information content (AvgIpc) is 3.89. The van der Waals surface area contributed by atoms with Crippen molar-refractivity contribution in [3.05, 3.63) is 178 Å². The number of fused-ring (bicyclic) bond motifs is 4. The maximum atomic E-state index is 5.37. The largest absolute Gasteiger partial charge is 0.344 e. The fraction of sp³-hybridized carbons (Fsp3) is 0.328. The highest BCUT2D eigenvalue weighted by Gasteiger charge is 2.43. The van der Waals surface area contributed by atoms with Crippen LogP contribution in [0.5, 0.6) is 0 Å². The Morgan fingerprint density at radius 1 is 0.831 bits per heavy atom. The summed E-state index contributed by atoms with van der Waals surface area (Å²) >= 11 is 5.26. The zero-order chi connectivity index (χ0) is 45.4.